The highest BCUT2D eigenvalue weighted by atomic mass is 35.5. The molecule has 0 unspecified atom stereocenters. The van der Waals surface area contributed by atoms with Crippen molar-refractivity contribution < 1.29 is 14.3 Å². The van der Waals surface area contributed by atoms with E-state index in [1.807, 2.05) is 12.1 Å². The van der Waals surface area contributed by atoms with Crippen LogP contribution in [0, 0.1) is 0 Å². The van der Waals surface area contributed by atoms with E-state index in [9.17, 15) is 4.79 Å². The summed E-state index contributed by atoms with van der Waals surface area (Å²) >= 11 is 11.9. The van der Waals surface area contributed by atoms with Gasteiger partial charge in [0, 0.05) is 0 Å². The normalized spacial score (nSPS) is 10.1. The lowest BCUT2D eigenvalue weighted by Gasteiger charge is -2.10. The maximum atomic E-state index is 11.6. The summed E-state index contributed by atoms with van der Waals surface area (Å²) in [5.41, 5.74) is 0. The van der Waals surface area contributed by atoms with Crippen LogP contribution >= 0.6 is 23.2 Å². The number of nitrogens with one attached hydrogen (secondary N) is 1. The first-order valence-corrected chi connectivity index (χ1v) is 7.44. The maximum Gasteiger partial charge on any atom is 0.258 e. The SMILES string of the molecule is O=C(COc1ccccc1Cl)NCCOc1ccccc1Cl. The third kappa shape index (κ3) is 5.13. The van der Waals surface area contributed by atoms with Gasteiger partial charge in [0.1, 0.15) is 18.1 Å². The lowest BCUT2D eigenvalue weighted by atomic mass is 10.3. The van der Waals surface area contributed by atoms with Crippen molar-refractivity contribution in [1.82, 2.24) is 5.32 Å². The van der Waals surface area contributed by atoms with Gasteiger partial charge < -0.3 is 14.8 Å². The monoisotopic (exact) mass is 339 g/mol. The molecule has 0 saturated carbocycles. The second-order valence-electron chi connectivity index (χ2n) is 4.35. The summed E-state index contributed by atoms with van der Waals surface area (Å²) in [4.78, 5) is 11.6. The van der Waals surface area contributed by atoms with Gasteiger partial charge >= 0.3 is 0 Å². The van der Waals surface area contributed by atoms with E-state index in [2.05, 4.69) is 5.32 Å². The van der Waals surface area contributed by atoms with Gasteiger partial charge in [-0.25, -0.2) is 0 Å². The van der Waals surface area contributed by atoms with Crippen molar-refractivity contribution in [3.05, 3.63) is 58.6 Å². The highest BCUT2D eigenvalue weighted by molar-refractivity contribution is 6.32. The van der Waals surface area contributed by atoms with E-state index in [1.54, 1.807) is 36.4 Å². The topological polar surface area (TPSA) is 47.6 Å². The standard InChI is InChI=1S/C16H15Cl2NO3/c17-12-5-1-3-7-14(12)21-10-9-19-16(20)11-22-15-8-4-2-6-13(15)18/h1-8H,9-11H2,(H,19,20). The zero-order valence-electron chi connectivity index (χ0n) is 11.7. The van der Waals surface area contributed by atoms with Crippen LogP contribution in [0.1, 0.15) is 0 Å². The number of rotatable bonds is 7. The van der Waals surface area contributed by atoms with Gasteiger partial charge in [0.05, 0.1) is 16.6 Å². The van der Waals surface area contributed by atoms with E-state index in [-0.39, 0.29) is 12.5 Å². The molecule has 0 atom stereocenters. The van der Waals surface area contributed by atoms with Crippen molar-refractivity contribution in [2.24, 2.45) is 0 Å². The van der Waals surface area contributed by atoms with Gasteiger partial charge in [0.2, 0.25) is 0 Å². The largest absolute Gasteiger partial charge is 0.490 e. The highest BCUT2D eigenvalue weighted by Gasteiger charge is 2.05. The third-order valence-electron chi connectivity index (χ3n) is 2.71. The van der Waals surface area contributed by atoms with Gasteiger partial charge in [-0.2, -0.15) is 0 Å². The van der Waals surface area contributed by atoms with Crippen molar-refractivity contribution in [2.45, 2.75) is 0 Å². The molecule has 6 heteroatoms. The second-order valence-corrected chi connectivity index (χ2v) is 5.16. The maximum absolute atomic E-state index is 11.6. The summed E-state index contributed by atoms with van der Waals surface area (Å²) in [6.07, 6.45) is 0. The summed E-state index contributed by atoms with van der Waals surface area (Å²) in [6, 6.07) is 14.2. The Morgan fingerprint density at radius 2 is 1.45 bits per heavy atom. The Morgan fingerprint density at radius 1 is 0.909 bits per heavy atom. The van der Waals surface area contributed by atoms with E-state index in [0.29, 0.717) is 34.7 Å². The summed E-state index contributed by atoms with van der Waals surface area (Å²) in [5, 5.41) is 3.69. The molecule has 0 saturated heterocycles. The van der Waals surface area contributed by atoms with Crippen LogP contribution < -0.4 is 14.8 Å². The molecule has 0 fully saturated rings. The second kappa shape index (κ2) is 8.51. The molecule has 4 nitrogen and oxygen atoms in total. The highest BCUT2D eigenvalue weighted by Crippen LogP contribution is 2.23. The molecule has 0 aliphatic rings. The summed E-state index contributed by atoms with van der Waals surface area (Å²) in [6.45, 7) is 0.577. The van der Waals surface area contributed by atoms with E-state index < -0.39 is 0 Å². The van der Waals surface area contributed by atoms with Gasteiger partial charge in [-0.1, -0.05) is 47.5 Å². The molecule has 2 aromatic carbocycles. The molecular formula is C16H15Cl2NO3. The first kappa shape index (κ1) is 16.5. The predicted molar refractivity (Wildman–Crippen MR) is 86.9 cm³/mol. The number of carbonyl (C=O) groups is 1. The quantitative estimate of drug-likeness (QED) is 0.784. The van der Waals surface area contributed by atoms with Crippen LogP contribution in [0.25, 0.3) is 0 Å². The number of hydrogen-bond acceptors (Lipinski definition) is 3. The van der Waals surface area contributed by atoms with Crippen LogP contribution in [0.5, 0.6) is 11.5 Å². The van der Waals surface area contributed by atoms with Crippen LogP contribution in [-0.4, -0.2) is 25.7 Å². The zero-order chi connectivity index (χ0) is 15.8. The van der Waals surface area contributed by atoms with Crippen molar-refractivity contribution in [3.63, 3.8) is 0 Å². The number of ether oxygens (including phenoxy) is 2. The molecule has 0 radical (unpaired) electrons. The number of halogens is 2. The molecule has 0 aromatic heterocycles. The van der Waals surface area contributed by atoms with Crippen LogP contribution in [0.15, 0.2) is 48.5 Å². The number of amides is 1. The first-order chi connectivity index (χ1) is 10.7. The van der Waals surface area contributed by atoms with Crippen LogP contribution in [0.2, 0.25) is 10.0 Å². The van der Waals surface area contributed by atoms with E-state index in [1.165, 1.54) is 0 Å². The van der Waals surface area contributed by atoms with Crippen molar-refractivity contribution in [3.8, 4) is 11.5 Å². The Balaban J connectivity index is 1.66. The Morgan fingerprint density at radius 3 is 2.05 bits per heavy atom. The van der Waals surface area contributed by atoms with Gasteiger partial charge in [0.15, 0.2) is 6.61 Å². The number of benzene rings is 2. The molecule has 0 spiro atoms. The predicted octanol–water partition coefficient (Wildman–Crippen LogP) is 3.57. The average Bonchev–Trinajstić information content (AvgIpc) is 2.52. The molecule has 0 aliphatic heterocycles. The summed E-state index contributed by atoms with van der Waals surface area (Å²) < 4.78 is 10.8. The average molecular weight is 340 g/mol. The fourth-order valence-corrected chi connectivity index (χ4v) is 2.05. The molecule has 2 aromatic rings. The van der Waals surface area contributed by atoms with Gasteiger partial charge in [-0.3, -0.25) is 4.79 Å². The molecule has 0 bridgehead atoms. The lowest BCUT2D eigenvalue weighted by molar-refractivity contribution is -0.123. The smallest absolute Gasteiger partial charge is 0.258 e. The fraction of sp³-hybridized carbons (Fsp3) is 0.188. The van der Waals surface area contributed by atoms with Crippen LogP contribution in [0.4, 0.5) is 0 Å². The molecule has 2 rings (SSSR count). The van der Waals surface area contributed by atoms with E-state index in [4.69, 9.17) is 32.7 Å². The number of carbonyl (C=O) groups excluding carboxylic acids is 1. The molecule has 0 heterocycles. The summed E-state index contributed by atoms with van der Waals surface area (Å²) in [5.74, 6) is 0.819. The zero-order valence-corrected chi connectivity index (χ0v) is 13.2. The molecule has 116 valence electrons. The Hall–Kier alpha value is -1.91. The van der Waals surface area contributed by atoms with Crippen molar-refractivity contribution >= 4 is 29.1 Å². The molecule has 1 N–H and O–H groups in total. The molecule has 22 heavy (non-hydrogen) atoms. The van der Waals surface area contributed by atoms with Crippen LogP contribution in [-0.2, 0) is 4.79 Å². The number of para-hydroxylation sites is 2. The van der Waals surface area contributed by atoms with Gasteiger partial charge in [-0.15, -0.1) is 0 Å². The Kier molecular flexibility index (Phi) is 6.37. The number of hydrogen-bond donors (Lipinski definition) is 1. The molecule has 0 aliphatic carbocycles. The Labute approximate surface area is 138 Å². The van der Waals surface area contributed by atoms with E-state index >= 15 is 0 Å². The fourth-order valence-electron chi connectivity index (χ4n) is 1.67. The molecular weight excluding hydrogens is 325 g/mol. The van der Waals surface area contributed by atoms with Crippen LogP contribution in [0.3, 0.4) is 0 Å². The molecule has 1 amide bonds. The first-order valence-electron chi connectivity index (χ1n) is 6.68. The Bertz CT molecular complexity index is 634. The van der Waals surface area contributed by atoms with Gasteiger partial charge in [-0.05, 0) is 24.3 Å². The summed E-state index contributed by atoms with van der Waals surface area (Å²) in [7, 11) is 0. The minimum Gasteiger partial charge on any atom is -0.490 e. The van der Waals surface area contributed by atoms with Gasteiger partial charge in [0.25, 0.3) is 5.91 Å². The lowest BCUT2D eigenvalue weighted by Crippen LogP contribution is -2.32. The van der Waals surface area contributed by atoms with Crippen molar-refractivity contribution in [1.29, 1.82) is 0 Å². The third-order valence-corrected chi connectivity index (χ3v) is 3.34. The van der Waals surface area contributed by atoms with E-state index in [0.717, 1.165) is 0 Å². The minimum absolute atomic E-state index is 0.101. The van der Waals surface area contributed by atoms with Crippen molar-refractivity contribution in [2.75, 3.05) is 19.8 Å². The minimum atomic E-state index is -0.248.